The van der Waals surface area contributed by atoms with E-state index in [1.54, 1.807) is 0 Å². The van der Waals surface area contributed by atoms with Crippen molar-refractivity contribution in [2.45, 2.75) is 13.8 Å². The molecule has 2 aromatic heterocycles. The van der Waals surface area contributed by atoms with Crippen LogP contribution in [0.1, 0.15) is 11.4 Å². The van der Waals surface area contributed by atoms with Crippen molar-refractivity contribution in [2.24, 2.45) is 0 Å². The summed E-state index contributed by atoms with van der Waals surface area (Å²) in [6.07, 6.45) is 0. The molecule has 2 rings (SSSR count). The van der Waals surface area contributed by atoms with Gasteiger partial charge in [-0.05, 0) is 13.8 Å². The van der Waals surface area contributed by atoms with Gasteiger partial charge in [0.2, 0.25) is 5.58 Å². The number of hydrogen-bond donors (Lipinski definition) is 0. The Morgan fingerprint density at radius 2 is 1.73 bits per heavy atom. The van der Waals surface area contributed by atoms with Crippen molar-refractivity contribution in [1.82, 2.24) is 20.6 Å². The summed E-state index contributed by atoms with van der Waals surface area (Å²) >= 11 is 0. The zero-order valence-corrected chi connectivity index (χ0v) is 6.20. The predicted molar refractivity (Wildman–Crippen MR) is 36.9 cm³/mol. The van der Waals surface area contributed by atoms with Crippen molar-refractivity contribution in [1.29, 1.82) is 0 Å². The van der Waals surface area contributed by atoms with Gasteiger partial charge in [0.05, 0.1) is 5.69 Å². The molecule has 0 aliphatic rings. The summed E-state index contributed by atoms with van der Waals surface area (Å²) in [5.74, 6) is 0. The lowest BCUT2D eigenvalue weighted by atomic mass is 10.3. The van der Waals surface area contributed by atoms with Crippen molar-refractivity contribution in [3.63, 3.8) is 0 Å². The molecular formula is C6H6N4O. The molecule has 0 aliphatic carbocycles. The molecule has 2 aromatic rings. The monoisotopic (exact) mass is 150 g/mol. The lowest BCUT2D eigenvalue weighted by Gasteiger charge is -1.90. The molecule has 5 heteroatoms. The van der Waals surface area contributed by atoms with E-state index in [2.05, 4.69) is 20.6 Å². The molecule has 0 saturated heterocycles. The molecule has 0 saturated carbocycles. The molecule has 11 heavy (non-hydrogen) atoms. The number of rotatable bonds is 0. The Labute approximate surface area is 62.4 Å². The highest BCUT2D eigenvalue weighted by Gasteiger charge is 2.07. The van der Waals surface area contributed by atoms with Crippen LogP contribution in [0.2, 0.25) is 0 Å². The quantitative estimate of drug-likeness (QED) is 0.551. The SMILES string of the molecule is Cc1nnc(C)c2onnc12. The molecule has 0 bridgehead atoms. The lowest BCUT2D eigenvalue weighted by molar-refractivity contribution is 0.422. The number of aromatic nitrogens is 4. The van der Waals surface area contributed by atoms with Gasteiger partial charge in [0.25, 0.3) is 0 Å². The lowest BCUT2D eigenvalue weighted by Crippen LogP contribution is -1.90. The van der Waals surface area contributed by atoms with Gasteiger partial charge < -0.3 is 4.52 Å². The molecule has 56 valence electrons. The zero-order chi connectivity index (χ0) is 7.84. The minimum atomic E-state index is 0.623. The molecule has 0 amide bonds. The zero-order valence-electron chi connectivity index (χ0n) is 6.20. The smallest absolute Gasteiger partial charge is 0.212 e. The highest BCUT2D eigenvalue weighted by atomic mass is 16.5. The number of fused-ring (bicyclic) bond motifs is 1. The van der Waals surface area contributed by atoms with Gasteiger partial charge in [0.1, 0.15) is 5.69 Å². The second-order valence-electron chi connectivity index (χ2n) is 2.32. The van der Waals surface area contributed by atoms with Crippen LogP contribution in [0.5, 0.6) is 0 Å². The van der Waals surface area contributed by atoms with E-state index in [0.29, 0.717) is 11.1 Å². The Morgan fingerprint density at radius 1 is 1.00 bits per heavy atom. The second kappa shape index (κ2) is 1.98. The first kappa shape index (κ1) is 6.21. The molecule has 2 heterocycles. The molecule has 0 aliphatic heterocycles. The minimum Gasteiger partial charge on any atom is -0.335 e. The van der Waals surface area contributed by atoms with Crippen LogP contribution in [0, 0.1) is 13.8 Å². The van der Waals surface area contributed by atoms with E-state index >= 15 is 0 Å². The van der Waals surface area contributed by atoms with E-state index in [1.165, 1.54) is 0 Å². The molecule has 0 fully saturated rings. The Hall–Kier alpha value is -1.52. The third-order valence-corrected chi connectivity index (χ3v) is 1.51. The molecule has 0 spiro atoms. The van der Waals surface area contributed by atoms with Gasteiger partial charge in [-0.2, -0.15) is 10.2 Å². The average molecular weight is 150 g/mol. The molecule has 5 nitrogen and oxygen atoms in total. The van der Waals surface area contributed by atoms with Crippen molar-refractivity contribution in [2.75, 3.05) is 0 Å². The van der Waals surface area contributed by atoms with Crippen LogP contribution in [0.3, 0.4) is 0 Å². The Bertz CT molecular complexity index is 358. The fourth-order valence-electron chi connectivity index (χ4n) is 0.908. The van der Waals surface area contributed by atoms with Gasteiger partial charge in [-0.25, -0.2) is 0 Å². The van der Waals surface area contributed by atoms with Crippen LogP contribution in [0.15, 0.2) is 4.52 Å². The van der Waals surface area contributed by atoms with Crippen molar-refractivity contribution in [3.8, 4) is 0 Å². The summed E-state index contributed by atoms with van der Waals surface area (Å²) < 4.78 is 4.87. The number of aryl methyl sites for hydroxylation is 2. The van der Waals surface area contributed by atoms with E-state index in [1.807, 2.05) is 13.8 Å². The van der Waals surface area contributed by atoms with Crippen LogP contribution in [0.25, 0.3) is 11.1 Å². The van der Waals surface area contributed by atoms with Crippen LogP contribution in [0.4, 0.5) is 0 Å². The largest absolute Gasteiger partial charge is 0.335 e. The van der Waals surface area contributed by atoms with Crippen molar-refractivity contribution < 1.29 is 4.52 Å². The summed E-state index contributed by atoms with van der Waals surface area (Å²) in [5.41, 5.74) is 2.78. The van der Waals surface area contributed by atoms with Gasteiger partial charge in [-0.15, -0.1) is 5.10 Å². The first-order chi connectivity index (χ1) is 5.29. The molecule has 0 unspecified atom stereocenters. The third kappa shape index (κ3) is 0.772. The maximum absolute atomic E-state index is 4.87. The summed E-state index contributed by atoms with van der Waals surface area (Å²) in [6, 6.07) is 0. The van der Waals surface area contributed by atoms with E-state index in [4.69, 9.17) is 4.52 Å². The average Bonchev–Trinajstić information content (AvgIpc) is 2.45. The summed E-state index contributed by atoms with van der Waals surface area (Å²) in [7, 11) is 0. The molecule has 0 aromatic carbocycles. The van der Waals surface area contributed by atoms with E-state index in [9.17, 15) is 0 Å². The van der Waals surface area contributed by atoms with E-state index in [0.717, 1.165) is 11.4 Å². The van der Waals surface area contributed by atoms with Gasteiger partial charge in [-0.3, -0.25) is 0 Å². The maximum atomic E-state index is 4.87. The first-order valence-corrected chi connectivity index (χ1v) is 3.21. The topological polar surface area (TPSA) is 64.7 Å². The fraction of sp³-hybridized carbons (Fsp3) is 0.333. The normalized spacial score (nSPS) is 10.7. The fourth-order valence-corrected chi connectivity index (χ4v) is 0.908. The summed E-state index contributed by atoms with van der Waals surface area (Å²) in [4.78, 5) is 0. The van der Waals surface area contributed by atoms with Gasteiger partial charge in [-0.1, -0.05) is 0 Å². The number of nitrogens with zero attached hydrogens (tertiary/aromatic N) is 4. The van der Waals surface area contributed by atoms with Crippen LogP contribution < -0.4 is 0 Å². The molecule has 0 radical (unpaired) electrons. The third-order valence-electron chi connectivity index (χ3n) is 1.51. The van der Waals surface area contributed by atoms with Gasteiger partial charge in [0, 0.05) is 5.27 Å². The predicted octanol–water partition coefficient (Wildman–Crippen LogP) is 0.630. The summed E-state index contributed by atoms with van der Waals surface area (Å²) in [5, 5.41) is 14.9. The maximum Gasteiger partial charge on any atom is 0.212 e. The van der Waals surface area contributed by atoms with Crippen LogP contribution in [-0.2, 0) is 0 Å². The number of hydrogen-bond acceptors (Lipinski definition) is 5. The van der Waals surface area contributed by atoms with Crippen molar-refractivity contribution >= 4 is 11.1 Å². The minimum absolute atomic E-state index is 0.623. The standard InChI is InChI=1S/C6H6N4O/c1-3-5-6(11-10-9-5)4(2)8-7-3/h1-2H3. The van der Waals surface area contributed by atoms with E-state index in [-0.39, 0.29) is 0 Å². The van der Waals surface area contributed by atoms with Gasteiger partial charge >= 0.3 is 0 Å². The molecular weight excluding hydrogens is 144 g/mol. The second-order valence-corrected chi connectivity index (χ2v) is 2.32. The Morgan fingerprint density at radius 3 is 2.45 bits per heavy atom. The Balaban J connectivity index is 2.96. The highest BCUT2D eigenvalue weighted by molar-refractivity contribution is 5.75. The molecule has 0 atom stereocenters. The van der Waals surface area contributed by atoms with E-state index < -0.39 is 0 Å². The summed E-state index contributed by atoms with van der Waals surface area (Å²) in [6.45, 7) is 3.63. The first-order valence-electron chi connectivity index (χ1n) is 3.21. The Kier molecular flexibility index (Phi) is 1.12. The van der Waals surface area contributed by atoms with Gasteiger partial charge in [0.15, 0.2) is 5.52 Å². The molecule has 0 N–H and O–H groups in total. The van der Waals surface area contributed by atoms with Crippen LogP contribution in [-0.4, -0.2) is 20.6 Å². The van der Waals surface area contributed by atoms with Crippen molar-refractivity contribution in [3.05, 3.63) is 11.4 Å². The highest BCUT2D eigenvalue weighted by Crippen LogP contribution is 2.13. The van der Waals surface area contributed by atoms with Crippen LogP contribution >= 0.6 is 0 Å².